The lowest BCUT2D eigenvalue weighted by molar-refractivity contribution is 0.357. The second-order valence-corrected chi connectivity index (χ2v) is 7.68. The van der Waals surface area contributed by atoms with Crippen molar-refractivity contribution in [2.75, 3.05) is 13.1 Å². The van der Waals surface area contributed by atoms with E-state index < -0.39 is 10.0 Å². The van der Waals surface area contributed by atoms with E-state index in [0.29, 0.717) is 19.0 Å². The van der Waals surface area contributed by atoms with Gasteiger partial charge in [0.05, 0.1) is 11.3 Å². The van der Waals surface area contributed by atoms with Gasteiger partial charge in [0.2, 0.25) is 10.0 Å². The summed E-state index contributed by atoms with van der Waals surface area (Å²) in [6.45, 7) is 4.89. The van der Waals surface area contributed by atoms with Gasteiger partial charge >= 0.3 is 0 Å². The quantitative estimate of drug-likeness (QED) is 0.746. The lowest BCUT2D eigenvalue weighted by Crippen LogP contribution is -2.42. The summed E-state index contributed by atoms with van der Waals surface area (Å²) in [4.78, 5) is 0. The fraction of sp³-hybridized carbons (Fsp3) is 0.923. The Labute approximate surface area is 111 Å². The molecule has 0 spiro atoms. The SMILES string of the molecule is CC(C)CN(CCC#N)S(=O)(=O)C1CCCCC1. The van der Waals surface area contributed by atoms with Gasteiger partial charge < -0.3 is 0 Å². The minimum absolute atomic E-state index is 0.219. The van der Waals surface area contributed by atoms with E-state index in [2.05, 4.69) is 0 Å². The second-order valence-electron chi connectivity index (χ2n) is 5.46. The van der Waals surface area contributed by atoms with Crippen LogP contribution < -0.4 is 0 Å². The predicted molar refractivity (Wildman–Crippen MR) is 72.4 cm³/mol. The molecule has 0 aromatic carbocycles. The number of nitriles is 1. The Hall–Kier alpha value is -0.600. The molecule has 4 nitrogen and oxygen atoms in total. The van der Waals surface area contributed by atoms with Gasteiger partial charge in [0.1, 0.15) is 0 Å². The third-order valence-corrected chi connectivity index (χ3v) is 5.74. The summed E-state index contributed by atoms with van der Waals surface area (Å²) < 4.78 is 26.6. The monoisotopic (exact) mass is 272 g/mol. The van der Waals surface area contributed by atoms with Crippen LogP contribution in [0.5, 0.6) is 0 Å². The molecule has 0 heterocycles. The van der Waals surface area contributed by atoms with Gasteiger partial charge in [-0.2, -0.15) is 5.26 Å². The first-order valence-corrected chi connectivity index (χ1v) is 8.34. The van der Waals surface area contributed by atoms with E-state index in [-0.39, 0.29) is 11.7 Å². The van der Waals surface area contributed by atoms with Gasteiger partial charge in [-0.05, 0) is 18.8 Å². The molecule has 1 rings (SSSR count). The molecule has 0 aromatic heterocycles. The molecule has 0 amide bonds. The van der Waals surface area contributed by atoms with Gasteiger partial charge in [0.25, 0.3) is 0 Å². The zero-order valence-corrected chi connectivity index (χ0v) is 12.2. The van der Waals surface area contributed by atoms with Gasteiger partial charge in [-0.1, -0.05) is 33.1 Å². The Balaban J connectivity index is 2.77. The molecule has 104 valence electrons. The average Bonchev–Trinajstić information content (AvgIpc) is 2.35. The lowest BCUT2D eigenvalue weighted by atomic mass is 10.0. The molecule has 1 fully saturated rings. The largest absolute Gasteiger partial charge is 0.217 e. The van der Waals surface area contributed by atoms with E-state index in [1.807, 2.05) is 19.9 Å². The summed E-state index contributed by atoms with van der Waals surface area (Å²) in [5, 5.41) is 8.44. The fourth-order valence-corrected chi connectivity index (χ4v) is 4.68. The molecule has 0 radical (unpaired) electrons. The highest BCUT2D eigenvalue weighted by Crippen LogP contribution is 2.26. The normalized spacial score (nSPS) is 18.2. The Morgan fingerprint density at radius 2 is 1.89 bits per heavy atom. The Morgan fingerprint density at radius 3 is 2.39 bits per heavy atom. The first-order valence-electron chi connectivity index (χ1n) is 6.84. The van der Waals surface area contributed by atoms with Crippen LogP contribution in [0.3, 0.4) is 0 Å². The number of hydrogen-bond acceptors (Lipinski definition) is 3. The van der Waals surface area contributed by atoms with Crippen LogP contribution in [0.15, 0.2) is 0 Å². The molecule has 0 N–H and O–H groups in total. The maximum Gasteiger partial charge on any atom is 0.217 e. The lowest BCUT2D eigenvalue weighted by Gasteiger charge is -2.30. The van der Waals surface area contributed by atoms with E-state index in [1.165, 1.54) is 4.31 Å². The van der Waals surface area contributed by atoms with Gasteiger partial charge in [0, 0.05) is 19.5 Å². The van der Waals surface area contributed by atoms with Crippen molar-refractivity contribution in [3.8, 4) is 6.07 Å². The van der Waals surface area contributed by atoms with Crippen LogP contribution in [-0.2, 0) is 10.0 Å². The van der Waals surface area contributed by atoms with Gasteiger partial charge in [-0.15, -0.1) is 0 Å². The maximum absolute atomic E-state index is 12.5. The van der Waals surface area contributed by atoms with Crippen LogP contribution >= 0.6 is 0 Å². The highest BCUT2D eigenvalue weighted by molar-refractivity contribution is 7.89. The van der Waals surface area contributed by atoms with Crippen molar-refractivity contribution in [2.24, 2.45) is 5.92 Å². The summed E-state index contributed by atoms with van der Waals surface area (Å²) in [7, 11) is -3.21. The highest BCUT2D eigenvalue weighted by Gasteiger charge is 2.32. The van der Waals surface area contributed by atoms with E-state index in [9.17, 15) is 8.42 Å². The molecular formula is C13H24N2O2S. The van der Waals surface area contributed by atoms with Crippen LogP contribution in [-0.4, -0.2) is 31.1 Å². The Morgan fingerprint density at radius 1 is 1.28 bits per heavy atom. The topological polar surface area (TPSA) is 61.2 Å². The molecule has 1 saturated carbocycles. The van der Waals surface area contributed by atoms with Gasteiger partial charge in [-0.25, -0.2) is 12.7 Å². The first kappa shape index (κ1) is 15.5. The summed E-state index contributed by atoms with van der Waals surface area (Å²) in [6, 6.07) is 2.04. The zero-order valence-electron chi connectivity index (χ0n) is 11.4. The van der Waals surface area contributed by atoms with Crippen LogP contribution in [0, 0.1) is 17.2 Å². The van der Waals surface area contributed by atoms with Crippen molar-refractivity contribution in [3.05, 3.63) is 0 Å². The van der Waals surface area contributed by atoms with Crippen LogP contribution in [0.4, 0.5) is 0 Å². The van der Waals surface area contributed by atoms with Crippen molar-refractivity contribution in [2.45, 2.75) is 57.6 Å². The molecule has 0 bridgehead atoms. The van der Waals surface area contributed by atoms with Crippen molar-refractivity contribution in [1.29, 1.82) is 5.26 Å². The molecule has 1 aliphatic carbocycles. The smallest absolute Gasteiger partial charge is 0.212 e. The summed E-state index contributed by atoms with van der Waals surface area (Å²) in [6.07, 6.45) is 5.01. The molecule has 0 aromatic rings. The van der Waals surface area contributed by atoms with E-state index >= 15 is 0 Å². The van der Waals surface area contributed by atoms with Crippen LogP contribution in [0.25, 0.3) is 0 Å². The van der Waals surface area contributed by atoms with Gasteiger partial charge in [0.15, 0.2) is 0 Å². The summed E-state index contributed by atoms with van der Waals surface area (Å²) in [5.41, 5.74) is 0. The van der Waals surface area contributed by atoms with Crippen molar-refractivity contribution in [1.82, 2.24) is 4.31 Å². The number of nitrogens with zero attached hydrogens (tertiary/aromatic N) is 2. The summed E-state index contributed by atoms with van der Waals surface area (Å²) >= 11 is 0. The predicted octanol–water partition coefficient (Wildman–Crippen LogP) is 2.52. The molecular weight excluding hydrogens is 248 g/mol. The van der Waals surface area contributed by atoms with Crippen molar-refractivity contribution < 1.29 is 8.42 Å². The number of hydrogen-bond donors (Lipinski definition) is 0. The van der Waals surface area contributed by atoms with Crippen molar-refractivity contribution in [3.63, 3.8) is 0 Å². The Bertz CT molecular complexity index is 378. The van der Waals surface area contributed by atoms with E-state index in [0.717, 1.165) is 32.1 Å². The minimum Gasteiger partial charge on any atom is -0.212 e. The molecule has 1 aliphatic rings. The molecule has 0 unspecified atom stereocenters. The molecule has 5 heteroatoms. The zero-order chi connectivity index (χ0) is 13.6. The number of rotatable bonds is 6. The molecule has 0 saturated heterocycles. The molecule has 0 aliphatic heterocycles. The molecule has 18 heavy (non-hydrogen) atoms. The summed E-state index contributed by atoms with van der Waals surface area (Å²) in [5.74, 6) is 0.294. The van der Waals surface area contributed by atoms with E-state index in [1.54, 1.807) is 0 Å². The third-order valence-electron chi connectivity index (χ3n) is 3.38. The average molecular weight is 272 g/mol. The van der Waals surface area contributed by atoms with Crippen LogP contribution in [0.1, 0.15) is 52.4 Å². The van der Waals surface area contributed by atoms with Gasteiger partial charge in [-0.3, -0.25) is 0 Å². The maximum atomic E-state index is 12.5. The minimum atomic E-state index is -3.21. The fourth-order valence-electron chi connectivity index (χ4n) is 2.48. The van der Waals surface area contributed by atoms with E-state index in [4.69, 9.17) is 5.26 Å². The standard InChI is InChI=1S/C13H24N2O2S/c1-12(2)11-15(10-6-9-14)18(16,17)13-7-4-3-5-8-13/h12-13H,3-8,10-11H2,1-2H3. The van der Waals surface area contributed by atoms with Crippen LogP contribution in [0.2, 0.25) is 0 Å². The van der Waals surface area contributed by atoms with Crippen molar-refractivity contribution >= 4 is 10.0 Å². The number of sulfonamides is 1. The highest BCUT2D eigenvalue weighted by atomic mass is 32.2. The first-order chi connectivity index (χ1) is 8.48. The third kappa shape index (κ3) is 4.25. The second kappa shape index (κ2) is 7.10. The molecule has 0 atom stereocenters. The Kier molecular flexibility index (Phi) is 6.10.